The third kappa shape index (κ3) is 3.14. The lowest BCUT2D eigenvalue weighted by Crippen LogP contribution is -2.32. The minimum absolute atomic E-state index is 0.433. The quantitative estimate of drug-likeness (QED) is 0.505. The summed E-state index contributed by atoms with van der Waals surface area (Å²) in [6, 6.07) is 12.8. The monoisotopic (exact) mass is 397 g/mol. The summed E-state index contributed by atoms with van der Waals surface area (Å²) in [4.78, 5) is 19.7. The van der Waals surface area contributed by atoms with Crippen molar-refractivity contribution in [2.75, 3.05) is 5.32 Å². The lowest BCUT2D eigenvalue weighted by atomic mass is 9.70. The molecular weight excluding hydrogens is 374 g/mol. The van der Waals surface area contributed by atoms with E-state index in [9.17, 15) is 4.79 Å². The Morgan fingerprint density at radius 3 is 2.73 bits per heavy atom. The number of nitrogens with one attached hydrogen (secondary N) is 1. The summed E-state index contributed by atoms with van der Waals surface area (Å²) in [5, 5.41) is 8.36. The van der Waals surface area contributed by atoms with Gasteiger partial charge in [0.05, 0.1) is 16.8 Å². The van der Waals surface area contributed by atoms with Gasteiger partial charge < -0.3 is 5.32 Å². The first-order valence-electron chi connectivity index (χ1n) is 10.3. The number of aldehydes is 1. The number of anilines is 1. The second-order valence-corrected chi connectivity index (χ2v) is 7.85. The van der Waals surface area contributed by atoms with Crippen molar-refractivity contribution in [3.8, 4) is 0 Å². The van der Waals surface area contributed by atoms with E-state index < -0.39 is 5.41 Å². The number of allylic oxidation sites excluding steroid dienone is 2. The first-order chi connectivity index (χ1) is 14.8. The molecule has 1 unspecified atom stereocenters. The summed E-state index contributed by atoms with van der Waals surface area (Å²) in [5.41, 5.74) is 3.80. The van der Waals surface area contributed by atoms with Gasteiger partial charge in [0.25, 0.3) is 0 Å². The van der Waals surface area contributed by atoms with Gasteiger partial charge >= 0.3 is 0 Å². The summed E-state index contributed by atoms with van der Waals surface area (Å²) in [5.74, 6) is 0.880. The van der Waals surface area contributed by atoms with E-state index in [0.717, 1.165) is 34.6 Å². The van der Waals surface area contributed by atoms with Gasteiger partial charge in [0.2, 0.25) is 0 Å². The molecule has 0 radical (unpaired) electrons. The molecular formula is C24H23N5O. The summed E-state index contributed by atoms with van der Waals surface area (Å²) in [7, 11) is 0. The zero-order chi connectivity index (χ0) is 20.4. The second-order valence-electron chi connectivity index (χ2n) is 7.85. The normalized spacial score (nSPS) is 20.7. The van der Waals surface area contributed by atoms with E-state index in [1.165, 1.54) is 25.3 Å². The van der Waals surface area contributed by atoms with E-state index in [1.54, 1.807) is 18.7 Å². The summed E-state index contributed by atoms with van der Waals surface area (Å²) >= 11 is 0. The third-order valence-electron chi connectivity index (χ3n) is 6.11. The van der Waals surface area contributed by atoms with Crippen molar-refractivity contribution in [2.45, 2.75) is 37.1 Å². The Labute approximate surface area is 175 Å². The van der Waals surface area contributed by atoms with Crippen LogP contribution in [-0.4, -0.2) is 32.1 Å². The molecule has 1 fully saturated rings. The number of benzene rings is 1. The van der Waals surface area contributed by atoms with Gasteiger partial charge in [0.15, 0.2) is 5.82 Å². The molecule has 0 spiro atoms. The van der Waals surface area contributed by atoms with E-state index in [-0.39, 0.29) is 0 Å². The SMILES string of the molecule is O=CC=Cn1nc(NC2CCC2)c2c1CC(c1ccccc1)(c1ccncn1)C=C2. The summed E-state index contributed by atoms with van der Waals surface area (Å²) in [6.45, 7) is 0. The number of carbonyl (C=O) groups excluding carboxylic acids is 1. The molecule has 2 heterocycles. The fraction of sp³-hybridized carbons (Fsp3) is 0.250. The molecule has 6 nitrogen and oxygen atoms in total. The van der Waals surface area contributed by atoms with E-state index >= 15 is 0 Å². The predicted molar refractivity (Wildman–Crippen MR) is 117 cm³/mol. The molecule has 0 amide bonds. The molecule has 30 heavy (non-hydrogen) atoms. The van der Waals surface area contributed by atoms with Crippen molar-refractivity contribution in [1.29, 1.82) is 0 Å². The largest absolute Gasteiger partial charge is 0.365 e. The molecule has 3 aromatic rings. The number of carbonyl (C=O) groups is 1. The van der Waals surface area contributed by atoms with Crippen LogP contribution < -0.4 is 5.32 Å². The Hall–Kier alpha value is -3.54. The van der Waals surface area contributed by atoms with Crippen molar-refractivity contribution in [3.05, 3.63) is 83.6 Å². The minimum Gasteiger partial charge on any atom is -0.365 e. The zero-order valence-electron chi connectivity index (χ0n) is 16.6. The molecule has 6 heteroatoms. The van der Waals surface area contributed by atoms with Crippen molar-refractivity contribution in [3.63, 3.8) is 0 Å². The van der Waals surface area contributed by atoms with E-state index in [2.05, 4.69) is 51.7 Å². The van der Waals surface area contributed by atoms with Gasteiger partial charge in [0, 0.05) is 30.4 Å². The Morgan fingerprint density at radius 2 is 2.03 bits per heavy atom. The Morgan fingerprint density at radius 1 is 1.17 bits per heavy atom. The van der Waals surface area contributed by atoms with Crippen molar-refractivity contribution in [1.82, 2.24) is 19.7 Å². The average molecular weight is 397 g/mol. The maximum Gasteiger partial charge on any atom is 0.156 e. The molecule has 1 atom stereocenters. The molecule has 1 aromatic carbocycles. The van der Waals surface area contributed by atoms with Gasteiger partial charge in [-0.3, -0.25) is 4.79 Å². The van der Waals surface area contributed by atoms with Gasteiger partial charge in [-0.25, -0.2) is 14.6 Å². The molecule has 0 aliphatic heterocycles. The van der Waals surface area contributed by atoms with E-state index in [4.69, 9.17) is 5.10 Å². The van der Waals surface area contributed by atoms with Gasteiger partial charge in [-0.15, -0.1) is 0 Å². The van der Waals surface area contributed by atoms with Crippen LogP contribution in [0.4, 0.5) is 5.82 Å². The number of fused-ring (bicyclic) bond motifs is 1. The Bertz CT molecular complexity index is 1060. The number of aromatic nitrogens is 4. The molecule has 0 bridgehead atoms. The van der Waals surface area contributed by atoms with Crippen LogP contribution in [-0.2, 0) is 16.6 Å². The van der Waals surface area contributed by atoms with Gasteiger partial charge in [-0.2, -0.15) is 5.10 Å². The number of hydrogen-bond donors (Lipinski definition) is 1. The van der Waals surface area contributed by atoms with Crippen molar-refractivity contribution in [2.24, 2.45) is 0 Å². The number of nitrogens with zero attached hydrogens (tertiary/aromatic N) is 4. The zero-order valence-corrected chi connectivity index (χ0v) is 16.6. The van der Waals surface area contributed by atoms with Gasteiger partial charge in [-0.1, -0.05) is 42.5 Å². The van der Waals surface area contributed by atoms with E-state index in [1.807, 2.05) is 16.8 Å². The molecule has 2 aliphatic rings. The molecule has 5 rings (SSSR count). The summed E-state index contributed by atoms with van der Waals surface area (Å²) < 4.78 is 1.83. The first kappa shape index (κ1) is 18.5. The lowest BCUT2D eigenvalue weighted by molar-refractivity contribution is -0.104. The highest BCUT2D eigenvalue weighted by Gasteiger charge is 2.39. The number of hydrogen-bond acceptors (Lipinski definition) is 5. The fourth-order valence-corrected chi connectivity index (χ4v) is 4.29. The van der Waals surface area contributed by atoms with Crippen molar-refractivity contribution >= 4 is 24.4 Å². The van der Waals surface area contributed by atoms with Crippen LogP contribution in [0.3, 0.4) is 0 Å². The third-order valence-corrected chi connectivity index (χ3v) is 6.11. The standard InChI is InChI=1S/C24H23N5O/c30-15-5-14-29-21-16-24(18-6-2-1-3-7-18,22-11-13-25-17-26-22)12-10-20(21)23(28-29)27-19-8-4-9-19/h1-3,5-7,10-15,17,19H,4,8-9,16H2,(H,27,28). The number of rotatable bonds is 6. The minimum atomic E-state index is -0.433. The molecule has 1 N–H and O–H groups in total. The second kappa shape index (κ2) is 7.71. The lowest BCUT2D eigenvalue weighted by Gasteiger charge is -2.34. The highest BCUT2D eigenvalue weighted by atomic mass is 16.1. The van der Waals surface area contributed by atoms with Crippen LogP contribution in [0.1, 0.15) is 41.8 Å². The fourth-order valence-electron chi connectivity index (χ4n) is 4.29. The van der Waals surface area contributed by atoms with Crippen molar-refractivity contribution < 1.29 is 4.79 Å². The molecule has 1 saturated carbocycles. The highest BCUT2D eigenvalue weighted by molar-refractivity contribution is 5.74. The maximum atomic E-state index is 11.0. The molecule has 2 aromatic heterocycles. The Balaban J connectivity index is 1.64. The van der Waals surface area contributed by atoms with Crippen LogP contribution >= 0.6 is 0 Å². The molecule has 150 valence electrons. The van der Waals surface area contributed by atoms with Gasteiger partial charge in [-0.05, 0) is 37.0 Å². The smallest absolute Gasteiger partial charge is 0.156 e. The van der Waals surface area contributed by atoms with Crippen LogP contribution in [0.5, 0.6) is 0 Å². The van der Waals surface area contributed by atoms with E-state index in [0.29, 0.717) is 12.5 Å². The Kier molecular flexibility index (Phi) is 4.75. The summed E-state index contributed by atoms with van der Waals surface area (Å²) in [6.07, 6.45) is 16.0. The maximum absolute atomic E-state index is 11.0. The van der Waals surface area contributed by atoms with Crippen LogP contribution in [0, 0.1) is 0 Å². The molecule has 0 saturated heterocycles. The topological polar surface area (TPSA) is 72.7 Å². The van der Waals surface area contributed by atoms with Crippen LogP contribution in [0.25, 0.3) is 12.3 Å². The highest BCUT2D eigenvalue weighted by Crippen LogP contribution is 2.42. The predicted octanol–water partition coefficient (Wildman–Crippen LogP) is 3.86. The van der Waals surface area contributed by atoms with Crippen LogP contribution in [0.2, 0.25) is 0 Å². The first-order valence-corrected chi connectivity index (χ1v) is 10.3. The van der Waals surface area contributed by atoms with Crippen LogP contribution in [0.15, 0.2) is 61.1 Å². The average Bonchev–Trinajstić information content (AvgIpc) is 3.12. The van der Waals surface area contributed by atoms with Gasteiger partial charge in [0.1, 0.15) is 12.6 Å². The molecule has 2 aliphatic carbocycles.